The third-order valence-electron chi connectivity index (χ3n) is 5.50. The minimum absolute atomic E-state index is 0.0688. The molecule has 0 unspecified atom stereocenters. The van der Waals surface area contributed by atoms with Crippen molar-refractivity contribution in [2.45, 2.75) is 40.0 Å². The molecule has 0 aliphatic carbocycles. The molecule has 2 amide bonds. The summed E-state index contributed by atoms with van der Waals surface area (Å²) in [5.74, 6) is 2.30. The van der Waals surface area contributed by atoms with Crippen molar-refractivity contribution < 1.29 is 18.7 Å². The van der Waals surface area contributed by atoms with E-state index in [4.69, 9.17) is 9.15 Å². The summed E-state index contributed by atoms with van der Waals surface area (Å²) in [6, 6.07) is 11.3. The molecule has 0 spiro atoms. The zero-order valence-electron chi connectivity index (χ0n) is 18.6. The summed E-state index contributed by atoms with van der Waals surface area (Å²) in [6.45, 7) is 12.6. The molecule has 0 saturated carbocycles. The van der Waals surface area contributed by atoms with E-state index in [1.165, 1.54) is 0 Å². The molecule has 162 valence electrons. The van der Waals surface area contributed by atoms with Gasteiger partial charge in [0.15, 0.2) is 5.76 Å². The molecule has 3 rings (SSSR count). The molecule has 1 fully saturated rings. The zero-order valence-corrected chi connectivity index (χ0v) is 18.6. The first-order chi connectivity index (χ1) is 14.2. The molecule has 2 heterocycles. The van der Waals surface area contributed by atoms with Gasteiger partial charge in [-0.2, -0.15) is 0 Å². The van der Waals surface area contributed by atoms with Gasteiger partial charge in [-0.15, -0.1) is 0 Å². The van der Waals surface area contributed by atoms with Gasteiger partial charge >= 0.3 is 0 Å². The van der Waals surface area contributed by atoms with Gasteiger partial charge in [0.2, 0.25) is 5.91 Å². The Balaban J connectivity index is 1.60. The van der Waals surface area contributed by atoms with Crippen LogP contribution in [0, 0.1) is 12.8 Å². The lowest BCUT2D eigenvalue weighted by Crippen LogP contribution is -2.54. The molecule has 1 aromatic heterocycles. The van der Waals surface area contributed by atoms with E-state index in [2.05, 4.69) is 13.8 Å². The second-order valence-electron chi connectivity index (χ2n) is 8.85. The van der Waals surface area contributed by atoms with Crippen molar-refractivity contribution in [3.63, 3.8) is 0 Å². The van der Waals surface area contributed by atoms with Gasteiger partial charge in [-0.1, -0.05) is 26.0 Å². The number of carbonyl (C=O) groups excluding carboxylic acids is 2. The smallest absolute Gasteiger partial charge is 0.289 e. The summed E-state index contributed by atoms with van der Waals surface area (Å²) in [5.41, 5.74) is 0.301. The van der Waals surface area contributed by atoms with Crippen molar-refractivity contribution in [3.05, 3.63) is 53.5 Å². The number of nitrogens with zero attached hydrogens (tertiary/aromatic N) is 2. The topological polar surface area (TPSA) is 63.0 Å². The van der Waals surface area contributed by atoms with Crippen molar-refractivity contribution in [2.75, 3.05) is 32.8 Å². The van der Waals surface area contributed by atoms with Crippen LogP contribution in [0.4, 0.5) is 0 Å². The Morgan fingerprint density at radius 1 is 1.00 bits per heavy atom. The highest BCUT2D eigenvalue weighted by molar-refractivity contribution is 5.92. The summed E-state index contributed by atoms with van der Waals surface area (Å²) in [6.07, 6.45) is 0. The lowest BCUT2D eigenvalue weighted by atomic mass is 9.83. The van der Waals surface area contributed by atoms with Crippen LogP contribution in [0.5, 0.6) is 5.75 Å². The first kappa shape index (κ1) is 21.9. The van der Waals surface area contributed by atoms with E-state index in [0.29, 0.717) is 44.5 Å². The number of aryl methyl sites for hydroxylation is 1. The molecule has 6 heteroatoms. The molecule has 0 radical (unpaired) electrons. The molecule has 2 aromatic rings. The summed E-state index contributed by atoms with van der Waals surface area (Å²) >= 11 is 0. The van der Waals surface area contributed by atoms with Crippen molar-refractivity contribution in [2.24, 2.45) is 5.92 Å². The molecule has 1 aliphatic heterocycles. The Bertz CT molecular complexity index is 875. The number of ether oxygens (including phenoxy) is 1. The molecule has 0 bridgehead atoms. The highest BCUT2D eigenvalue weighted by Crippen LogP contribution is 2.28. The van der Waals surface area contributed by atoms with E-state index in [0.717, 1.165) is 17.1 Å². The largest absolute Gasteiger partial charge is 0.493 e. The zero-order chi connectivity index (χ0) is 21.9. The number of benzene rings is 1. The van der Waals surface area contributed by atoms with Crippen LogP contribution in [0.15, 0.2) is 40.8 Å². The first-order valence-electron chi connectivity index (χ1n) is 10.6. The van der Waals surface area contributed by atoms with Crippen LogP contribution < -0.4 is 4.74 Å². The Morgan fingerprint density at radius 3 is 2.13 bits per heavy atom. The van der Waals surface area contributed by atoms with Gasteiger partial charge in [0.05, 0.1) is 12.0 Å². The highest BCUT2D eigenvalue weighted by atomic mass is 16.5. The fourth-order valence-corrected chi connectivity index (χ4v) is 3.57. The maximum Gasteiger partial charge on any atom is 0.289 e. The molecule has 1 aliphatic rings. The van der Waals surface area contributed by atoms with Gasteiger partial charge in [0, 0.05) is 26.2 Å². The quantitative estimate of drug-likeness (QED) is 0.722. The monoisotopic (exact) mass is 412 g/mol. The highest BCUT2D eigenvalue weighted by Gasteiger charge is 2.36. The van der Waals surface area contributed by atoms with E-state index in [1.54, 1.807) is 17.0 Å². The lowest BCUT2D eigenvalue weighted by Gasteiger charge is -2.38. The number of piperazine rings is 1. The average Bonchev–Trinajstić information content (AvgIpc) is 3.18. The van der Waals surface area contributed by atoms with Crippen LogP contribution in [0.3, 0.4) is 0 Å². The number of hydrogen-bond acceptors (Lipinski definition) is 4. The molecule has 1 saturated heterocycles. The predicted molar refractivity (Wildman–Crippen MR) is 116 cm³/mol. The van der Waals surface area contributed by atoms with Crippen LogP contribution in [0.25, 0.3) is 0 Å². The summed E-state index contributed by atoms with van der Waals surface area (Å²) < 4.78 is 11.2. The summed E-state index contributed by atoms with van der Waals surface area (Å²) in [4.78, 5) is 29.4. The predicted octanol–water partition coefficient (Wildman–Crippen LogP) is 3.89. The first-order valence-corrected chi connectivity index (χ1v) is 10.6. The lowest BCUT2D eigenvalue weighted by molar-refractivity contribution is -0.137. The Labute approximate surface area is 178 Å². The van der Waals surface area contributed by atoms with E-state index >= 15 is 0 Å². The average molecular weight is 413 g/mol. The fraction of sp³-hybridized carbons (Fsp3) is 0.500. The van der Waals surface area contributed by atoms with Crippen LogP contribution in [0.1, 0.15) is 49.6 Å². The van der Waals surface area contributed by atoms with Crippen LogP contribution >= 0.6 is 0 Å². The van der Waals surface area contributed by atoms with Gasteiger partial charge in [-0.25, -0.2) is 0 Å². The maximum absolute atomic E-state index is 13.2. The molecule has 6 nitrogen and oxygen atoms in total. The minimum atomic E-state index is -0.652. The minimum Gasteiger partial charge on any atom is -0.493 e. The third-order valence-corrected chi connectivity index (χ3v) is 5.50. The number of carbonyl (C=O) groups is 2. The van der Waals surface area contributed by atoms with E-state index in [9.17, 15) is 9.59 Å². The number of amides is 2. The fourth-order valence-electron chi connectivity index (χ4n) is 3.57. The van der Waals surface area contributed by atoms with E-state index in [1.807, 2.05) is 49.9 Å². The van der Waals surface area contributed by atoms with Gasteiger partial charge in [0.25, 0.3) is 5.91 Å². The second-order valence-corrected chi connectivity index (χ2v) is 8.85. The SMILES string of the molecule is Cc1ccc(C(=O)N2CCN(C(=O)C(C)(C)c3ccc(OCC(C)C)cc3)CC2)o1. The van der Waals surface area contributed by atoms with Crippen molar-refractivity contribution in [3.8, 4) is 5.75 Å². The Morgan fingerprint density at radius 2 is 1.60 bits per heavy atom. The third kappa shape index (κ3) is 4.86. The molecule has 0 N–H and O–H groups in total. The number of hydrogen-bond donors (Lipinski definition) is 0. The Hall–Kier alpha value is -2.76. The molecular weight excluding hydrogens is 380 g/mol. The van der Waals surface area contributed by atoms with Crippen LogP contribution in [-0.2, 0) is 10.2 Å². The van der Waals surface area contributed by atoms with E-state index < -0.39 is 5.41 Å². The second kappa shape index (κ2) is 8.94. The molecular formula is C24H32N2O4. The Kier molecular flexibility index (Phi) is 6.54. The molecule has 1 aromatic carbocycles. The van der Waals surface area contributed by atoms with Crippen molar-refractivity contribution in [1.29, 1.82) is 0 Å². The summed E-state index contributed by atoms with van der Waals surface area (Å²) in [7, 11) is 0. The van der Waals surface area contributed by atoms with Gasteiger partial charge < -0.3 is 19.0 Å². The summed E-state index contributed by atoms with van der Waals surface area (Å²) in [5, 5.41) is 0. The van der Waals surface area contributed by atoms with E-state index in [-0.39, 0.29) is 11.8 Å². The standard InChI is InChI=1S/C24H32N2O4/c1-17(2)16-29-20-9-7-19(8-10-20)24(4,5)23(28)26-14-12-25(13-15-26)22(27)21-11-6-18(3)30-21/h6-11,17H,12-16H2,1-5H3. The van der Waals surface area contributed by atoms with Crippen molar-refractivity contribution in [1.82, 2.24) is 9.80 Å². The number of rotatable bonds is 6. The number of furan rings is 1. The maximum atomic E-state index is 13.2. The molecule has 30 heavy (non-hydrogen) atoms. The van der Waals surface area contributed by atoms with Crippen LogP contribution in [-0.4, -0.2) is 54.4 Å². The van der Waals surface area contributed by atoms with Gasteiger partial charge in [-0.05, 0) is 56.5 Å². The normalized spacial score (nSPS) is 14.9. The van der Waals surface area contributed by atoms with Gasteiger partial charge in [0.1, 0.15) is 11.5 Å². The van der Waals surface area contributed by atoms with Crippen molar-refractivity contribution >= 4 is 11.8 Å². The van der Waals surface area contributed by atoms with Gasteiger partial charge in [-0.3, -0.25) is 9.59 Å². The van der Waals surface area contributed by atoms with Crippen LogP contribution in [0.2, 0.25) is 0 Å². The molecule has 0 atom stereocenters.